The number of nitrogens with one attached hydrogen (secondary N) is 1. The van der Waals surface area contributed by atoms with Crippen LogP contribution in [0.3, 0.4) is 0 Å². The standard InChI is InChI=1S/C18H24N2O/c1-18(2,3)15-10-8-13(9-11-15)17(21)20-16-7-5-4-6-14(16)12-19/h4-7,13,15H,8-11H2,1-3H3,(H,20,21). The van der Waals surface area contributed by atoms with Gasteiger partial charge in [-0.1, -0.05) is 32.9 Å². The van der Waals surface area contributed by atoms with Crippen LogP contribution in [0.4, 0.5) is 5.69 Å². The molecule has 3 nitrogen and oxygen atoms in total. The molecule has 1 aromatic carbocycles. The number of hydrogen-bond acceptors (Lipinski definition) is 2. The molecule has 1 aliphatic rings. The minimum absolute atomic E-state index is 0.0602. The van der Waals surface area contributed by atoms with Gasteiger partial charge in [0.15, 0.2) is 0 Å². The summed E-state index contributed by atoms with van der Waals surface area (Å²) in [5.74, 6) is 0.841. The third kappa shape index (κ3) is 3.85. The Morgan fingerprint density at radius 3 is 2.38 bits per heavy atom. The number of nitrogens with zero attached hydrogens (tertiary/aromatic N) is 1. The van der Waals surface area contributed by atoms with Crippen LogP contribution >= 0.6 is 0 Å². The Morgan fingerprint density at radius 1 is 1.19 bits per heavy atom. The van der Waals surface area contributed by atoms with Crippen LogP contribution in [0.15, 0.2) is 24.3 Å². The Kier molecular flexibility index (Phi) is 4.67. The Bertz CT molecular complexity index is 543. The van der Waals surface area contributed by atoms with E-state index in [4.69, 9.17) is 5.26 Å². The number of carbonyl (C=O) groups excluding carboxylic acids is 1. The summed E-state index contributed by atoms with van der Waals surface area (Å²) >= 11 is 0. The molecular weight excluding hydrogens is 260 g/mol. The van der Waals surface area contributed by atoms with Crippen LogP contribution in [0.5, 0.6) is 0 Å². The maximum atomic E-state index is 12.4. The lowest BCUT2D eigenvalue weighted by molar-refractivity contribution is -0.121. The predicted octanol–water partition coefficient (Wildman–Crippen LogP) is 4.35. The summed E-state index contributed by atoms with van der Waals surface area (Å²) in [4.78, 5) is 12.4. The van der Waals surface area contributed by atoms with Crippen LogP contribution < -0.4 is 5.32 Å². The average Bonchev–Trinajstić information content (AvgIpc) is 2.47. The Balaban J connectivity index is 1.96. The van der Waals surface area contributed by atoms with Gasteiger partial charge in [0, 0.05) is 5.92 Å². The lowest BCUT2D eigenvalue weighted by Gasteiger charge is -2.36. The van der Waals surface area contributed by atoms with Crippen molar-refractivity contribution >= 4 is 11.6 Å². The van der Waals surface area contributed by atoms with Crippen LogP contribution in [0.1, 0.15) is 52.0 Å². The zero-order valence-corrected chi connectivity index (χ0v) is 13.1. The van der Waals surface area contributed by atoms with E-state index >= 15 is 0 Å². The van der Waals surface area contributed by atoms with E-state index in [0.29, 0.717) is 22.6 Å². The number of carbonyl (C=O) groups is 1. The SMILES string of the molecule is CC(C)(C)C1CCC(C(=O)Nc2ccccc2C#N)CC1. The monoisotopic (exact) mass is 284 g/mol. The predicted molar refractivity (Wildman–Crippen MR) is 84.7 cm³/mol. The summed E-state index contributed by atoms with van der Waals surface area (Å²) in [6.45, 7) is 6.84. The van der Waals surface area contributed by atoms with E-state index in [0.717, 1.165) is 25.7 Å². The first kappa shape index (κ1) is 15.6. The van der Waals surface area contributed by atoms with Crippen molar-refractivity contribution in [2.24, 2.45) is 17.3 Å². The van der Waals surface area contributed by atoms with Crippen LogP contribution in [0, 0.1) is 28.6 Å². The highest BCUT2D eigenvalue weighted by Crippen LogP contribution is 2.40. The lowest BCUT2D eigenvalue weighted by atomic mass is 9.69. The lowest BCUT2D eigenvalue weighted by Crippen LogP contribution is -2.31. The Labute approximate surface area is 127 Å². The van der Waals surface area contributed by atoms with Crippen molar-refractivity contribution in [2.75, 3.05) is 5.32 Å². The fourth-order valence-corrected chi connectivity index (χ4v) is 3.15. The van der Waals surface area contributed by atoms with Crippen molar-refractivity contribution in [3.05, 3.63) is 29.8 Å². The molecule has 0 unspecified atom stereocenters. The van der Waals surface area contributed by atoms with Crippen molar-refractivity contribution in [3.8, 4) is 6.07 Å². The first-order valence-corrected chi connectivity index (χ1v) is 7.72. The van der Waals surface area contributed by atoms with Crippen molar-refractivity contribution in [1.82, 2.24) is 0 Å². The molecule has 1 saturated carbocycles. The molecule has 0 heterocycles. The molecule has 0 bridgehead atoms. The zero-order chi connectivity index (χ0) is 15.5. The first-order chi connectivity index (χ1) is 9.91. The van der Waals surface area contributed by atoms with Crippen molar-refractivity contribution < 1.29 is 4.79 Å². The summed E-state index contributed by atoms with van der Waals surface area (Å²) in [5, 5.41) is 12.0. The molecule has 0 saturated heterocycles. The fraction of sp³-hybridized carbons (Fsp3) is 0.556. The van der Waals surface area contributed by atoms with Gasteiger partial charge in [-0.15, -0.1) is 0 Å². The smallest absolute Gasteiger partial charge is 0.227 e. The molecule has 1 N–H and O–H groups in total. The summed E-state index contributed by atoms with van der Waals surface area (Å²) < 4.78 is 0. The first-order valence-electron chi connectivity index (χ1n) is 7.72. The highest BCUT2D eigenvalue weighted by atomic mass is 16.1. The molecule has 2 rings (SSSR count). The number of anilines is 1. The van der Waals surface area contributed by atoms with Gasteiger partial charge in [0.1, 0.15) is 6.07 Å². The van der Waals surface area contributed by atoms with Gasteiger partial charge >= 0.3 is 0 Å². The van der Waals surface area contributed by atoms with Gasteiger partial charge in [-0.2, -0.15) is 5.26 Å². The molecule has 1 aliphatic carbocycles. The van der Waals surface area contributed by atoms with Gasteiger partial charge in [0.25, 0.3) is 0 Å². The number of nitriles is 1. The molecule has 1 amide bonds. The van der Waals surface area contributed by atoms with Crippen LogP contribution in [-0.4, -0.2) is 5.91 Å². The quantitative estimate of drug-likeness (QED) is 0.877. The third-order valence-electron chi connectivity index (χ3n) is 4.63. The topological polar surface area (TPSA) is 52.9 Å². The zero-order valence-electron chi connectivity index (χ0n) is 13.1. The largest absolute Gasteiger partial charge is 0.325 e. The van der Waals surface area contributed by atoms with Crippen molar-refractivity contribution in [1.29, 1.82) is 5.26 Å². The normalized spacial score (nSPS) is 22.4. The number of hydrogen-bond donors (Lipinski definition) is 1. The van der Waals surface area contributed by atoms with E-state index in [1.807, 2.05) is 12.1 Å². The Hall–Kier alpha value is -1.82. The summed E-state index contributed by atoms with van der Waals surface area (Å²) in [5.41, 5.74) is 1.48. The second-order valence-corrected chi connectivity index (χ2v) is 7.06. The number of para-hydroxylation sites is 1. The summed E-state index contributed by atoms with van der Waals surface area (Å²) in [6.07, 6.45) is 4.12. The molecule has 1 aromatic rings. The van der Waals surface area contributed by atoms with Crippen LogP contribution in [0.25, 0.3) is 0 Å². The number of benzene rings is 1. The van der Waals surface area contributed by atoms with Gasteiger partial charge in [0.2, 0.25) is 5.91 Å². The maximum Gasteiger partial charge on any atom is 0.227 e. The second kappa shape index (κ2) is 6.30. The highest BCUT2D eigenvalue weighted by molar-refractivity contribution is 5.93. The molecule has 0 aliphatic heterocycles. The molecule has 0 aromatic heterocycles. The second-order valence-electron chi connectivity index (χ2n) is 7.06. The van der Waals surface area contributed by atoms with Gasteiger partial charge in [-0.25, -0.2) is 0 Å². The van der Waals surface area contributed by atoms with Crippen molar-refractivity contribution in [2.45, 2.75) is 46.5 Å². The molecule has 0 spiro atoms. The van der Waals surface area contributed by atoms with Gasteiger partial charge in [-0.05, 0) is 49.1 Å². The molecule has 3 heteroatoms. The average molecular weight is 284 g/mol. The van der Waals surface area contributed by atoms with E-state index in [1.54, 1.807) is 12.1 Å². The van der Waals surface area contributed by atoms with E-state index in [-0.39, 0.29) is 11.8 Å². The summed E-state index contributed by atoms with van der Waals surface area (Å²) in [7, 11) is 0. The number of amides is 1. The molecule has 0 atom stereocenters. The third-order valence-corrected chi connectivity index (χ3v) is 4.63. The van der Waals surface area contributed by atoms with Gasteiger partial charge in [0.05, 0.1) is 11.3 Å². The summed E-state index contributed by atoms with van der Waals surface area (Å²) in [6, 6.07) is 9.28. The Morgan fingerprint density at radius 2 is 1.81 bits per heavy atom. The van der Waals surface area contributed by atoms with E-state index < -0.39 is 0 Å². The fourth-order valence-electron chi connectivity index (χ4n) is 3.15. The molecule has 0 radical (unpaired) electrons. The molecule has 21 heavy (non-hydrogen) atoms. The van der Waals surface area contributed by atoms with E-state index in [9.17, 15) is 4.79 Å². The maximum absolute atomic E-state index is 12.4. The van der Waals surface area contributed by atoms with E-state index in [2.05, 4.69) is 32.2 Å². The molecular formula is C18H24N2O. The van der Waals surface area contributed by atoms with Crippen LogP contribution in [-0.2, 0) is 4.79 Å². The van der Waals surface area contributed by atoms with Gasteiger partial charge in [-0.3, -0.25) is 4.79 Å². The minimum atomic E-state index is 0.0602. The van der Waals surface area contributed by atoms with E-state index in [1.165, 1.54) is 0 Å². The van der Waals surface area contributed by atoms with Gasteiger partial charge < -0.3 is 5.32 Å². The highest BCUT2D eigenvalue weighted by Gasteiger charge is 2.32. The minimum Gasteiger partial charge on any atom is -0.325 e. The number of rotatable bonds is 2. The van der Waals surface area contributed by atoms with Crippen molar-refractivity contribution in [3.63, 3.8) is 0 Å². The van der Waals surface area contributed by atoms with Crippen LogP contribution in [0.2, 0.25) is 0 Å². The molecule has 112 valence electrons. The molecule has 1 fully saturated rings.